The minimum Gasteiger partial charge on any atom is -0.495 e. The minimum absolute atomic E-state index is 0.0372. The van der Waals surface area contributed by atoms with Crippen molar-refractivity contribution < 1.29 is 21.6 Å². The number of rotatable bonds is 8. The van der Waals surface area contributed by atoms with Crippen LogP contribution in [-0.4, -0.2) is 42.8 Å². The monoisotopic (exact) mass is 390 g/mol. The molecule has 1 aromatic carbocycles. The van der Waals surface area contributed by atoms with Gasteiger partial charge in [-0.15, -0.1) is 0 Å². The molecule has 1 aliphatic heterocycles. The normalized spacial score (nSPS) is 17.4. The molecule has 0 atom stereocenters. The van der Waals surface area contributed by atoms with Crippen molar-refractivity contribution in [2.24, 2.45) is 0 Å². The van der Waals surface area contributed by atoms with Gasteiger partial charge in [0.05, 0.1) is 18.6 Å². The zero-order valence-corrected chi connectivity index (χ0v) is 16.3. The molecule has 0 saturated carbocycles. The fourth-order valence-corrected chi connectivity index (χ4v) is 5.66. The molecule has 2 rings (SSSR count). The predicted octanol–water partition coefficient (Wildman–Crippen LogP) is 2.09. The molecule has 0 amide bonds. The van der Waals surface area contributed by atoms with Crippen molar-refractivity contribution in [1.29, 1.82) is 0 Å². The molecule has 1 aromatic rings. The minimum atomic E-state index is -3.78. The van der Waals surface area contributed by atoms with Gasteiger partial charge in [-0.3, -0.25) is 4.31 Å². The lowest BCUT2D eigenvalue weighted by atomic mass is 10.2. The van der Waals surface area contributed by atoms with Gasteiger partial charge < -0.3 is 4.74 Å². The largest absolute Gasteiger partial charge is 0.495 e. The summed E-state index contributed by atoms with van der Waals surface area (Å²) in [6.07, 6.45) is 4.05. The van der Waals surface area contributed by atoms with Crippen LogP contribution in [0.3, 0.4) is 0 Å². The molecule has 0 radical (unpaired) electrons. The van der Waals surface area contributed by atoms with Gasteiger partial charge in [-0.05, 0) is 37.5 Å². The van der Waals surface area contributed by atoms with Crippen molar-refractivity contribution in [3.8, 4) is 5.75 Å². The molecule has 0 aliphatic carbocycles. The zero-order chi connectivity index (χ0) is 18.5. The van der Waals surface area contributed by atoms with E-state index >= 15 is 0 Å². The van der Waals surface area contributed by atoms with Crippen molar-refractivity contribution in [3.05, 3.63) is 18.2 Å². The summed E-state index contributed by atoms with van der Waals surface area (Å²) in [6.45, 7) is 2.74. The molecule has 1 N–H and O–H groups in total. The van der Waals surface area contributed by atoms with Gasteiger partial charge in [0.1, 0.15) is 10.6 Å². The quantitative estimate of drug-likeness (QED) is 0.686. The van der Waals surface area contributed by atoms with E-state index in [0.717, 1.165) is 25.7 Å². The van der Waals surface area contributed by atoms with Crippen LogP contribution in [-0.2, 0) is 20.0 Å². The van der Waals surface area contributed by atoms with Gasteiger partial charge in [0, 0.05) is 13.1 Å². The van der Waals surface area contributed by atoms with Crippen molar-refractivity contribution >= 4 is 25.7 Å². The highest BCUT2D eigenvalue weighted by atomic mass is 32.2. The first-order valence-electron chi connectivity index (χ1n) is 8.50. The SMILES string of the molecule is CCCCCNS(=O)(=O)c1cc(N2CCCCS2(=O)=O)ccc1OC. The Morgan fingerprint density at radius 2 is 2.00 bits per heavy atom. The van der Waals surface area contributed by atoms with E-state index in [1.165, 1.54) is 23.5 Å². The van der Waals surface area contributed by atoms with E-state index in [4.69, 9.17) is 4.74 Å². The topological polar surface area (TPSA) is 92.8 Å². The second-order valence-corrected chi connectivity index (χ2v) is 9.78. The third-order valence-corrected chi connectivity index (χ3v) is 7.50. The highest BCUT2D eigenvalue weighted by molar-refractivity contribution is 7.92. The summed E-state index contributed by atoms with van der Waals surface area (Å²) >= 11 is 0. The van der Waals surface area contributed by atoms with Crippen LogP contribution < -0.4 is 13.8 Å². The molecule has 0 bridgehead atoms. The van der Waals surface area contributed by atoms with Crippen LogP contribution in [0.15, 0.2) is 23.1 Å². The third kappa shape index (κ3) is 4.86. The number of hydrogen-bond acceptors (Lipinski definition) is 5. The van der Waals surface area contributed by atoms with Gasteiger partial charge in [0.25, 0.3) is 0 Å². The maximum absolute atomic E-state index is 12.6. The van der Waals surface area contributed by atoms with Crippen LogP contribution in [0, 0.1) is 0 Å². The van der Waals surface area contributed by atoms with Crippen LogP contribution in [0.4, 0.5) is 5.69 Å². The fraction of sp³-hybridized carbons (Fsp3) is 0.625. The molecular weight excluding hydrogens is 364 g/mol. The van der Waals surface area contributed by atoms with E-state index in [9.17, 15) is 16.8 Å². The van der Waals surface area contributed by atoms with Gasteiger partial charge in [-0.2, -0.15) is 0 Å². The van der Waals surface area contributed by atoms with Crippen molar-refractivity contribution in [3.63, 3.8) is 0 Å². The van der Waals surface area contributed by atoms with E-state index in [1.54, 1.807) is 6.07 Å². The van der Waals surface area contributed by atoms with Crippen LogP contribution >= 0.6 is 0 Å². The maximum Gasteiger partial charge on any atom is 0.244 e. The lowest BCUT2D eigenvalue weighted by Crippen LogP contribution is -2.38. The van der Waals surface area contributed by atoms with Crippen molar-refractivity contribution in [2.45, 2.75) is 43.9 Å². The van der Waals surface area contributed by atoms with E-state index in [2.05, 4.69) is 4.72 Å². The average Bonchev–Trinajstić information content (AvgIpc) is 2.58. The Hall–Kier alpha value is -1.32. The Morgan fingerprint density at radius 1 is 1.24 bits per heavy atom. The molecule has 9 heteroatoms. The highest BCUT2D eigenvalue weighted by Crippen LogP contribution is 2.31. The number of nitrogens with zero attached hydrogens (tertiary/aromatic N) is 1. The number of methoxy groups -OCH3 is 1. The second kappa shape index (κ2) is 8.37. The van der Waals surface area contributed by atoms with Gasteiger partial charge in [0.15, 0.2) is 0 Å². The standard InChI is InChI=1S/C16H26N2O5S2/c1-3-4-5-10-17-25(21,22)16-13-14(8-9-15(16)23-2)18-11-6-7-12-24(18,19)20/h8-9,13,17H,3-7,10-12H2,1-2H3. The van der Waals surface area contributed by atoms with Gasteiger partial charge in [0.2, 0.25) is 20.0 Å². The highest BCUT2D eigenvalue weighted by Gasteiger charge is 2.28. The van der Waals surface area contributed by atoms with Gasteiger partial charge in [-0.1, -0.05) is 19.8 Å². The zero-order valence-electron chi connectivity index (χ0n) is 14.7. The Kier molecular flexibility index (Phi) is 6.70. The van der Waals surface area contributed by atoms with Crippen LogP contribution in [0.2, 0.25) is 0 Å². The fourth-order valence-electron chi connectivity index (χ4n) is 2.77. The summed E-state index contributed by atoms with van der Waals surface area (Å²) in [5.41, 5.74) is 0.356. The lowest BCUT2D eigenvalue weighted by Gasteiger charge is -2.28. The molecule has 0 spiro atoms. The number of unbranched alkanes of at least 4 members (excludes halogenated alkanes) is 2. The molecular formula is C16H26N2O5S2. The summed E-state index contributed by atoms with van der Waals surface area (Å²) in [5.74, 6) is 0.275. The summed E-state index contributed by atoms with van der Waals surface area (Å²) in [5, 5.41) is 0. The lowest BCUT2D eigenvalue weighted by molar-refractivity contribution is 0.402. The molecule has 0 unspecified atom stereocenters. The summed E-state index contributed by atoms with van der Waals surface area (Å²) in [4.78, 5) is -0.0372. The Bertz CT molecular complexity index is 791. The number of ether oxygens (including phenoxy) is 1. The van der Waals surface area contributed by atoms with E-state index in [-0.39, 0.29) is 16.4 Å². The van der Waals surface area contributed by atoms with E-state index in [0.29, 0.717) is 25.2 Å². The molecule has 1 saturated heterocycles. The number of hydrogen-bond donors (Lipinski definition) is 1. The molecule has 1 fully saturated rings. The summed E-state index contributed by atoms with van der Waals surface area (Å²) in [7, 11) is -5.79. The van der Waals surface area contributed by atoms with Gasteiger partial charge in [-0.25, -0.2) is 21.6 Å². The second-order valence-electron chi connectivity index (χ2n) is 6.04. The molecule has 25 heavy (non-hydrogen) atoms. The summed E-state index contributed by atoms with van der Waals surface area (Å²) in [6, 6.07) is 4.46. The summed E-state index contributed by atoms with van der Waals surface area (Å²) < 4.78 is 58.8. The number of nitrogens with one attached hydrogen (secondary N) is 1. The molecule has 1 aliphatic rings. The Balaban J connectivity index is 2.33. The number of anilines is 1. The van der Waals surface area contributed by atoms with E-state index < -0.39 is 20.0 Å². The first-order valence-corrected chi connectivity index (χ1v) is 11.6. The van der Waals surface area contributed by atoms with E-state index in [1.807, 2.05) is 6.92 Å². The Morgan fingerprint density at radius 3 is 2.64 bits per heavy atom. The first kappa shape index (κ1) is 20.0. The van der Waals surface area contributed by atoms with Crippen LogP contribution in [0.1, 0.15) is 39.0 Å². The van der Waals surface area contributed by atoms with Gasteiger partial charge >= 0.3 is 0 Å². The molecule has 0 aromatic heterocycles. The average molecular weight is 391 g/mol. The number of benzene rings is 1. The third-order valence-electron chi connectivity index (χ3n) is 4.15. The van der Waals surface area contributed by atoms with Crippen LogP contribution in [0.25, 0.3) is 0 Å². The maximum atomic E-state index is 12.6. The predicted molar refractivity (Wildman–Crippen MR) is 98.1 cm³/mol. The Labute approximate surface area is 150 Å². The molecule has 142 valence electrons. The van der Waals surface area contributed by atoms with Crippen molar-refractivity contribution in [1.82, 2.24) is 4.72 Å². The molecule has 7 nitrogen and oxygen atoms in total. The molecule has 1 heterocycles. The first-order chi connectivity index (χ1) is 11.8. The number of sulfonamides is 2. The van der Waals surface area contributed by atoms with Crippen LogP contribution in [0.5, 0.6) is 5.75 Å². The van der Waals surface area contributed by atoms with Crippen molar-refractivity contribution in [2.75, 3.05) is 30.3 Å². The smallest absolute Gasteiger partial charge is 0.244 e.